The van der Waals surface area contributed by atoms with Crippen molar-refractivity contribution < 1.29 is 27.1 Å². The highest BCUT2D eigenvalue weighted by atomic mass is 32.2. The number of nitriles is 1. The summed E-state index contributed by atoms with van der Waals surface area (Å²) in [4.78, 5) is 24.4. The number of esters is 1. The molecule has 33 heavy (non-hydrogen) atoms. The van der Waals surface area contributed by atoms with Crippen LogP contribution < -0.4 is 10.0 Å². The second-order valence-electron chi connectivity index (χ2n) is 7.85. The molecule has 2 aromatic rings. The smallest absolute Gasteiger partial charge is 0.325 e. The molecule has 1 fully saturated rings. The first-order valence-electron chi connectivity index (χ1n) is 10.4. The fourth-order valence-electron chi connectivity index (χ4n) is 3.72. The Balaban J connectivity index is 1.72. The van der Waals surface area contributed by atoms with Crippen LogP contribution in [-0.2, 0) is 30.8 Å². The maximum Gasteiger partial charge on any atom is 0.325 e. The van der Waals surface area contributed by atoms with Crippen molar-refractivity contribution in [1.82, 2.24) is 10.0 Å². The lowest BCUT2D eigenvalue weighted by atomic mass is 10.00. The van der Waals surface area contributed by atoms with Crippen molar-refractivity contribution in [1.29, 1.82) is 5.26 Å². The van der Waals surface area contributed by atoms with Gasteiger partial charge in [-0.2, -0.15) is 9.98 Å². The molecular weight excluding hydrogens is 449 g/mol. The fourth-order valence-corrected chi connectivity index (χ4v) is 4.98. The first-order valence-corrected chi connectivity index (χ1v) is 11.9. The summed E-state index contributed by atoms with van der Waals surface area (Å²) in [7, 11) is -4.40. The van der Waals surface area contributed by atoms with E-state index in [1.807, 2.05) is 0 Å². The van der Waals surface area contributed by atoms with Crippen molar-refractivity contribution in [3.05, 3.63) is 66.0 Å². The highest BCUT2D eigenvalue weighted by Gasteiger charge is 2.36. The Kier molecular flexibility index (Phi) is 7.79. The van der Waals surface area contributed by atoms with Crippen LogP contribution in [0.2, 0.25) is 0 Å². The Morgan fingerprint density at radius 2 is 1.73 bits per heavy atom. The normalized spacial score (nSPS) is 15.9. The molecule has 174 valence electrons. The van der Waals surface area contributed by atoms with Crippen molar-refractivity contribution in [2.45, 2.75) is 48.6 Å². The summed E-state index contributed by atoms with van der Waals surface area (Å²) >= 11 is 0. The van der Waals surface area contributed by atoms with E-state index in [4.69, 9.17) is 4.74 Å². The Hall–Kier alpha value is -3.29. The monoisotopic (exact) mass is 473 g/mol. The zero-order valence-corrected chi connectivity index (χ0v) is 18.6. The predicted octanol–water partition coefficient (Wildman–Crippen LogP) is 2.21. The molecule has 1 aliphatic carbocycles. The summed E-state index contributed by atoms with van der Waals surface area (Å²) in [5.74, 6) is -2.61. The molecule has 2 N–H and O–H groups in total. The molecule has 1 amide bonds. The number of sulfonamides is 1. The summed E-state index contributed by atoms with van der Waals surface area (Å²) in [5.41, 5.74) is -0.339. The molecule has 0 aromatic heterocycles. The van der Waals surface area contributed by atoms with E-state index in [9.17, 15) is 27.7 Å². The van der Waals surface area contributed by atoms with Crippen LogP contribution in [0.25, 0.3) is 0 Å². The number of amides is 1. The zero-order valence-electron chi connectivity index (χ0n) is 17.8. The molecule has 8 nitrogen and oxygen atoms in total. The first kappa shape index (κ1) is 24.4. The SMILES string of the molecule is N#CC1(NC(=O)COC(=O)C(Cc2ccccc2)NS(=O)(=O)c2ccccc2F)CCCC1. The fraction of sp³-hybridized carbons (Fsp3) is 0.348. The van der Waals surface area contributed by atoms with Crippen molar-refractivity contribution in [3.63, 3.8) is 0 Å². The average molecular weight is 474 g/mol. The number of hydrogen-bond donors (Lipinski definition) is 2. The van der Waals surface area contributed by atoms with Crippen LogP contribution in [0, 0.1) is 17.1 Å². The molecule has 10 heteroatoms. The second-order valence-corrected chi connectivity index (χ2v) is 9.53. The average Bonchev–Trinajstić information content (AvgIpc) is 3.26. The van der Waals surface area contributed by atoms with Crippen LogP contribution in [0.1, 0.15) is 31.2 Å². The van der Waals surface area contributed by atoms with Gasteiger partial charge in [-0.15, -0.1) is 0 Å². The van der Waals surface area contributed by atoms with Crippen molar-refractivity contribution in [2.24, 2.45) is 0 Å². The molecule has 3 rings (SSSR count). The Labute approximate surface area is 191 Å². The van der Waals surface area contributed by atoms with E-state index in [0.717, 1.165) is 25.0 Å². The van der Waals surface area contributed by atoms with Gasteiger partial charge in [-0.3, -0.25) is 9.59 Å². The van der Waals surface area contributed by atoms with E-state index in [2.05, 4.69) is 16.1 Å². The topological polar surface area (TPSA) is 125 Å². The van der Waals surface area contributed by atoms with E-state index in [1.54, 1.807) is 30.3 Å². The van der Waals surface area contributed by atoms with Gasteiger partial charge in [-0.05, 0) is 49.8 Å². The molecular formula is C23H24FN3O5S. The van der Waals surface area contributed by atoms with Crippen molar-refractivity contribution in [2.75, 3.05) is 6.61 Å². The number of carbonyl (C=O) groups excluding carboxylic acids is 2. The van der Waals surface area contributed by atoms with Gasteiger partial charge in [-0.25, -0.2) is 12.8 Å². The highest BCUT2D eigenvalue weighted by Crippen LogP contribution is 2.28. The molecule has 0 radical (unpaired) electrons. The number of carbonyl (C=O) groups is 2. The minimum Gasteiger partial charge on any atom is -0.454 e. The lowest BCUT2D eigenvalue weighted by Crippen LogP contribution is -2.48. The van der Waals surface area contributed by atoms with Gasteiger partial charge in [0.15, 0.2) is 6.61 Å². The maximum atomic E-state index is 14.1. The number of ether oxygens (including phenoxy) is 1. The largest absolute Gasteiger partial charge is 0.454 e. The molecule has 0 heterocycles. The molecule has 1 atom stereocenters. The lowest BCUT2D eigenvalue weighted by Gasteiger charge is -2.22. The Morgan fingerprint density at radius 3 is 2.36 bits per heavy atom. The van der Waals surface area contributed by atoms with Gasteiger partial charge in [0.1, 0.15) is 22.3 Å². The maximum absolute atomic E-state index is 14.1. The van der Waals surface area contributed by atoms with Gasteiger partial charge in [0.25, 0.3) is 5.91 Å². The van der Waals surface area contributed by atoms with E-state index < -0.39 is 50.8 Å². The number of rotatable bonds is 9. The Morgan fingerprint density at radius 1 is 1.09 bits per heavy atom. The van der Waals surface area contributed by atoms with Gasteiger partial charge in [0.05, 0.1) is 6.07 Å². The van der Waals surface area contributed by atoms with Gasteiger partial charge in [0, 0.05) is 0 Å². The third kappa shape index (κ3) is 6.37. The van der Waals surface area contributed by atoms with E-state index in [0.29, 0.717) is 18.4 Å². The summed E-state index contributed by atoms with van der Waals surface area (Å²) < 4.78 is 46.8. The molecule has 2 aromatic carbocycles. The summed E-state index contributed by atoms with van der Waals surface area (Å²) in [6.45, 7) is -0.672. The number of hydrogen-bond acceptors (Lipinski definition) is 6. The van der Waals surface area contributed by atoms with Crippen LogP contribution in [0.4, 0.5) is 4.39 Å². The van der Waals surface area contributed by atoms with E-state index in [-0.39, 0.29) is 6.42 Å². The van der Waals surface area contributed by atoms with Crippen molar-refractivity contribution in [3.8, 4) is 6.07 Å². The van der Waals surface area contributed by atoms with E-state index in [1.165, 1.54) is 12.1 Å². The standard InChI is InChI=1S/C23H24FN3O5S/c24-18-10-4-5-11-20(18)33(30,31)27-19(14-17-8-2-1-3-9-17)22(29)32-15-21(28)26-23(16-25)12-6-7-13-23/h1-5,8-11,19,27H,6-7,12-15H2,(H,26,28). The first-order chi connectivity index (χ1) is 15.7. The van der Waals surface area contributed by atoms with Crippen LogP contribution >= 0.6 is 0 Å². The molecule has 0 bridgehead atoms. The molecule has 1 saturated carbocycles. The summed E-state index contributed by atoms with van der Waals surface area (Å²) in [6, 6.07) is 14.1. The third-order valence-electron chi connectivity index (χ3n) is 5.39. The number of nitrogens with zero attached hydrogens (tertiary/aromatic N) is 1. The van der Waals surface area contributed by atoms with E-state index >= 15 is 0 Å². The van der Waals surface area contributed by atoms with Crippen LogP contribution in [0.3, 0.4) is 0 Å². The quantitative estimate of drug-likeness (QED) is 0.538. The molecule has 0 aliphatic heterocycles. The van der Waals surface area contributed by atoms with Gasteiger partial charge < -0.3 is 10.1 Å². The highest BCUT2D eigenvalue weighted by molar-refractivity contribution is 7.89. The number of halogens is 1. The molecule has 0 spiro atoms. The summed E-state index contributed by atoms with van der Waals surface area (Å²) in [5, 5.41) is 12.0. The van der Waals surface area contributed by atoms with Crippen LogP contribution in [0.15, 0.2) is 59.5 Å². The summed E-state index contributed by atoms with van der Waals surface area (Å²) in [6.07, 6.45) is 2.58. The lowest BCUT2D eigenvalue weighted by molar-refractivity contribution is -0.150. The molecule has 0 saturated heterocycles. The van der Waals surface area contributed by atoms with Crippen LogP contribution in [0.5, 0.6) is 0 Å². The molecule has 1 aliphatic rings. The Bertz CT molecular complexity index is 1140. The minimum absolute atomic E-state index is 0.0723. The van der Waals surface area contributed by atoms with Crippen LogP contribution in [-0.4, -0.2) is 38.5 Å². The zero-order chi connectivity index (χ0) is 23.9. The number of benzene rings is 2. The molecule has 1 unspecified atom stereocenters. The third-order valence-corrected chi connectivity index (χ3v) is 6.89. The van der Waals surface area contributed by atoms with Gasteiger partial charge in [-0.1, -0.05) is 42.5 Å². The van der Waals surface area contributed by atoms with Gasteiger partial charge in [0.2, 0.25) is 10.0 Å². The number of nitrogens with one attached hydrogen (secondary N) is 2. The van der Waals surface area contributed by atoms with Gasteiger partial charge >= 0.3 is 5.97 Å². The minimum atomic E-state index is -4.40. The predicted molar refractivity (Wildman–Crippen MR) is 117 cm³/mol. The van der Waals surface area contributed by atoms with Crippen molar-refractivity contribution >= 4 is 21.9 Å². The second kappa shape index (κ2) is 10.6.